The zero-order valence-corrected chi connectivity index (χ0v) is 14.4. The van der Waals surface area contributed by atoms with Crippen molar-refractivity contribution in [2.24, 2.45) is 5.92 Å². The van der Waals surface area contributed by atoms with Gasteiger partial charge < -0.3 is 10.1 Å². The molecular weight excluding hydrogens is 314 g/mol. The number of ether oxygens (including phenoxy) is 1. The number of thiazole rings is 1. The van der Waals surface area contributed by atoms with Crippen molar-refractivity contribution in [1.82, 2.24) is 9.88 Å². The van der Waals surface area contributed by atoms with Crippen LogP contribution >= 0.6 is 11.3 Å². The number of nitrogens with zero attached hydrogens (tertiary/aromatic N) is 2. The maximum Gasteiger partial charge on any atom is 0.323 e. The number of aryl methyl sites for hydroxylation is 1. The number of hydrogen-bond acceptors (Lipinski definition) is 6. The lowest BCUT2D eigenvalue weighted by atomic mass is 9.85. The van der Waals surface area contributed by atoms with E-state index in [0.717, 1.165) is 25.0 Å². The van der Waals surface area contributed by atoms with E-state index in [9.17, 15) is 9.59 Å². The van der Waals surface area contributed by atoms with Crippen molar-refractivity contribution in [1.29, 1.82) is 0 Å². The number of likely N-dealkylation sites (tertiary alicyclic amines) is 1. The van der Waals surface area contributed by atoms with E-state index in [0.29, 0.717) is 17.1 Å². The quantitative estimate of drug-likeness (QED) is 0.853. The first-order valence-electron chi connectivity index (χ1n) is 8.14. The summed E-state index contributed by atoms with van der Waals surface area (Å²) in [7, 11) is 1.42. The molecular formula is C16H23N3O3S. The number of methoxy groups -OCH3 is 1. The van der Waals surface area contributed by atoms with Gasteiger partial charge in [-0.3, -0.25) is 14.5 Å². The number of aromatic nitrogens is 1. The lowest BCUT2D eigenvalue weighted by Crippen LogP contribution is -2.46. The largest absolute Gasteiger partial charge is 0.468 e. The first-order chi connectivity index (χ1) is 11.1. The maximum absolute atomic E-state index is 12.4. The van der Waals surface area contributed by atoms with E-state index in [2.05, 4.69) is 10.3 Å². The third-order valence-electron chi connectivity index (χ3n) is 4.89. The molecule has 1 aromatic rings. The highest BCUT2D eigenvalue weighted by Gasteiger charge is 2.46. The van der Waals surface area contributed by atoms with Crippen molar-refractivity contribution in [2.75, 3.05) is 19.0 Å². The van der Waals surface area contributed by atoms with E-state index in [-0.39, 0.29) is 24.5 Å². The minimum Gasteiger partial charge on any atom is -0.468 e. The summed E-state index contributed by atoms with van der Waals surface area (Å²) in [5.41, 5.74) is 0.895. The highest BCUT2D eigenvalue weighted by atomic mass is 32.1. The van der Waals surface area contributed by atoms with Crippen LogP contribution in [0.3, 0.4) is 0 Å². The van der Waals surface area contributed by atoms with Gasteiger partial charge in [-0.1, -0.05) is 12.8 Å². The second-order valence-electron chi connectivity index (χ2n) is 6.40. The molecule has 3 atom stereocenters. The van der Waals surface area contributed by atoms with Gasteiger partial charge in [0.1, 0.15) is 6.04 Å². The van der Waals surface area contributed by atoms with Crippen LogP contribution in [0.1, 0.15) is 37.8 Å². The smallest absolute Gasteiger partial charge is 0.323 e. The fourth-order valence-corrected chi connectivity index (χ4v) is 4.59. The van der Waals surface area contributed by atoms with Crippen molar-refractivity contribution in [3.05, 3.63) is 11.1 Å². The molecule has 1 saturated heterocycles. The summed E-state index contributed by atoms with van der Waals surface area (Å²) in [4.78, 5) is 30.8. The summed E-state index contributed by atoms with van der Waals surface area (Å²) in [6, 6.07) is 0.0218. The van der Waals surface area contributed by atoms with Crippen molar-refractivity contribution >= 4 is 28.3 Å². The average Bonchev–Trinajstić information content (AvgIpc) is 3.11. The number of carbonyl (C=O) groups excluding carboxylic acids is 2. The fourth-order valence-electron chi connectivity index (χ4n) is 3.88. The molecule has 2 aliphatic rings. The van der Waals surface area contributed by atoms with Crippen LogP contribution in [0.2, 0.25) is 0 Å². The molecule has 23 heavy (non-hydrogen) atoms. The maximum atomic E-state index is 12.4. The predicted molar refractivity (Wildman–Crippen MR) is 88.4 cm³/mol. The molecule has 0 spiro atoms. The van der Waals surface area contributed by atoms with E-state index >= 15 is 0 Å². The lowest BCUT2D eigenvalue weighted by Gasteiger charge is -2.32. The molecule has 1 aliphatic carbocycles. The van der Waals surface area contributed by atoms with Gasteiger partial charge in [0, 0.05) is 11.4 Å². The van der Waals surface area contributed by atoms with Gasteiger partial charge in [0.2, 0.25) is 5.91 Å². The van der Waals surface area contributed by atoms with Gasteiger partial charge in [-0.25, -0.2) is 4.98 Å². The number of anilines is 1. The van der Waals surface area contributed by atoms with Crippen LogP contribution in [0.25, 0.3) is 0 Å². The van der Waals surface area contributed by atoms with E-state index in [1.807, 2.05) is 17.2 Å². The molecule has 1 N–H and O–H groups in total. The van der Waals surface area contributed by atoms with Gasteiger partial charge in [0.05, 0.1) is 19.3 Å². The normalized spacial score (nSPS) is 27.5. The number of rotatable bonds is 4. The molecule has 0 aromatic carbocycles. The molecule has 3 rings (SSSR count). The minimum absolute atomic E-state index is 0.112. The van der Waals surface area contributed by atoms with Crippen LogP contribution in [0.15, 0.2) is 5.38 Å². The minimum atomic E-state index is -0.295. The van der Waals surface area contributed by atoms with Gasteiger partial charge in [-0.2, -0.15) is 0 Å². The van der Waals surface area contributed by atoms with Crippen LogP contribution in [0.5, 0.6) is 0 Å². The second kappa shape index (κ2) is 6.97. The van der Waals surface area contributed by atoms with Crippen LogP contribution in [0.4, 0.5) is 5.13 Å². The second-order valence-corrected chi connectivity index (χ2v) is 7.26. The zero-order valence-electron chi connectivity index (χ0n) is 13.6. The molecule has 7 heteroatoms. The van der Waals surface area contributed by atoms with E-state index in [1.54, 1.807) is 0 Å². The molecule has 2 fully saturated rings. The molecule has 1 aliphatic heterocycles. The van der Waals surface area contributed by atoms with Crippen molar-refractivity contribution in [2.45, 2.75) is 51.1 Å². The molecule has 0 bridgehead atoms. The van der Waals surface area contributed by atoms with Crippen LogP contribution < -0.4 is 5.32 Å². The number of hydrogen-bond donors (Lipinski definition) is 1. The predicted octanol–water partition coefficient (Wildman–Crippen LogP) is 2.20. The van der Waals surface area contributed by atoms with Crippen LogP contribution in [0, 0.1) is 12.8 Å². The number of amides is 1. The first kappa shape index (κ1) is 16.4. The van der Waals surface area contributed by atoms with E-state index in [4.69, 9.17) is 4.74 Å². The van der Waals surface area contributed by atoms with Gasteiger partial charge in [-0.05, 0) is 32.1 Å². The number of fused-ring (bicyclic) bond motifs is 1. The summed E-state index contributed by atoms with van der Waals surface area (Å²) >= 11 is 1.42. The molecule has 0 radical (unpaired) electrons. The molecule has 2 heterocycles. The molecule has 6 nitrogen and oxygen atoms in total. The van der Waals surface area contributed by atoms with Crippen molar-refractivity contribution < 1.29 is 14.3 Å². The Morgan fingerprint density at radius 1 is 1.43 bits per heavy atom. The van der Waals surface area contributed by atoms with Crippen LogP contribution in [-0.4, -0.2) is 47.5 Å². The van der Waals surface area contributed by atoms with Crippen molar-refractivity contribution in [3.8, 4) is 0 Å². The summed E-state index contributed by atoms with van der Waals surface area (Å²) < 4.78 is 4.95. The fraction of sp³-hybridized carbons (Fsp3) is 0.688. The Balaban J connectivity index is 1.69. The third-order valence-corrected chi connectivity index (χ3v) is 5.76. The summed E-state index contributed by atoms with van der Waals surface area (Å²) in [5, 5.41) is 5.35. The number of carbonyl (C=O) groups is 2. The highest BCUT2D eigenvalue weighted by molar-refractivity contribution is 7.13. The SMILES string of the molecule is COC(=O)[C@@H]1C[C@@H]2CCCC[C@@H]2N1CC(=O)Nc1nc(C)cs1. The van der Waals surface area contributed by atoms with E-state index < -0.39 is 0 Å². The van der Waals surface area contributed by atoms with Crippen LogP contribution in [-0.2, 0) is 14.3 Å². The third kappa shape index (κ3) is 3.55. The first-order valence-corrected chi connectivity index (χ1v) is 9.02. The summed E-state index contributed by atoms with van der Waals surface area (Å²) in [6.07, 6.45) is 5.39. The Morgan fingerprint density at radius 2 is 2.22 bits per heavy atom. The Morgan fingerprint density at radius 3 is 2.91 bits per heavy atom. The standard InChI is InChI=1S/C16H23N3O3S/c1-10-9-23-16(17-10)18-14(20)8-19-12-6-4-3-5-11(12)7-13(19)15(21)22-2/h9,11-13H,3-8H2,1-2H3,(H,17,18,20)/t11-,12-,13-/m0/s1. The summed E-state index contributed by atoms with van der Waals surface area (Å²) in [6.45, 7) is 2.12. The average molecular weight is 337 g/mol. The molecule has 0 unspecified atom stereocenters. The Hall–Kier alpha value is -1.47. The molecule has 126 valence electrons. The lowest BCUT2D eigenvalue weighted by molar-refractivity contribution is -0.146. The number of nitrogens with one attached hydrogen (secondary N) is 1. The highest BCUT2D eigenvalue weighted by Crippen LogP contribution is 2.39. The van der Waals surface area contributed by atoms with Crippen molar-refractivity contribution in [3.63, 3.8) is 0 Å². The van der Waals surface area contributed by atoms with E-state index in [1.165, 1.54) is 31.3 Å². The topological polar surface area (TPSA) is 71.5 Å². The Labute approximate surface area is 140 Å². The Kier molecular flexibility index (Phi) is 4.96. The van der Waals surface area contributed by atoms with Gasteiger partial charge >= 0.3 is 5.97 Å². The molecule has 1 aromatic heterocycles. The Bertz CT molecular complexity index is 589. The van der Waals surface area contributed by atoms with Gasteiger partial charge in [-0.15, -0.1) is 11.3 Å². The number of esters is 1. The summed E-state index contributed by atoms with van der Waals surface area (Å²) in [5.74, 6) is 0.166. The monoisotopic (exact) mass is 337 g/mol. The zero-order chi connectivity index (χ0) is 16.4. The van der Waals surface area contributed by atoms with Gasteiger partial charge in [0.15, 0.2) is 5.13 Å². The molecule has 1 saturated carbocycles. The van der Waals surface area contributed by atoms with Gasteiger partial charge in [0.25, 0.3) is 0 Å². The molecule has 1 amide bonds.